The van der Waals surface area contributed by atoms with Crippen LogP contribution in [0.4, 0.5) is 0 Å². The highest BCUT2D eigenvalue weighted by Gasteiger charge is 2.35. The summed E-state index contributed by atoms with van der Waals surface area (Å²) < 4.78 is 0. The topological polar surface area (TPSA) is 67.2 Å². The van der Waals surface area contributed by atoms with E-state index < -0.39 is 0 Å². The minimum absolute atomic E-state index is 0.196. The Morgan fingerprint density at radius 2 is 1.16 bits per heavy atom. The van der Waals surface area contributed by atoms with Gasteiger partial charge < -0.3 is 15.3 Å². The Labute approximate surface area is 187 Å². The second-order valence-corrected chi connectivity index (χ2v) is 8.30. The molecular formula is C27H26N2O3. The van der Waals surface area contributed by atoms with Gasteiger partial charge in [0.1, 0.15) is 17.2 Å². The summed E-state index contributed by atoms with van der Waals surface area (Å²) in [6.45, 7) is 2.67. The first-order chi connectivity index (χ1) is 15.6. The van der Waals surface area contributed by atoms with E-state index in [1.807, 2.05) is 72.8 Å². The summed E-state index contributed by atoms with van der Waals surface area (Å²) in [5.41, 5.74) is 2.52. The largest absolute Gasteiger partial charge is 0.508 e. The van der Waals surface area contributed by atoms with Crippen molar-refractivity contribution in [2.24, 2.45) is 0 Å². The number of hydrogen-bond donors (Lipinski definition) is 3. The van der Waals surface area contributed by atoms with E-state index in [9.17, 15) is 15.3 Å². The zero-order valence-electron chi connectivity index (χ0n) is 17.7. The lowest BCUT2D eigenvalue weighted by Crippen LogP contribution is -2.30. The Balaban J connectivity index is 1.55. The van der Waals surface area contributed by atoms with Gasteiger partial charge in [0.15, 0.2) is 0 Å². The molecule has 1 aliphatic rings. The van der Waals surface area contributed by atoms with Crippen molar-refractivity contribution >= 4 is 10.8 Å². The van der Waals surface area contributed by atoms with E-state index in [0.717, 1.165) is 40.6 Å². The lowest BCUT2D eigenvalue weighted by atomic mass is 10.0. The number of benzene rings is 4. The fraction of sp³-hybridized carbons (Fsp3) is 0.185. The molecule has 162 valence electrons. The number of para-hydroxylation sites is 2. The van der Waals surface area contributed by atoms with E-state index in [0.29, 0.717) is 13.1 Å². The minimum atomic E-state index is -0.196. The number of phenolic OH excluding ortho intramolecular Hbond substituents is 3. The van der Waals surface area contributed by atoms with Crippen LogP contribution in [-0.4, -0.2) is 38.2 Å². The van der Waals surface area contributed by atoms with Crippen LogP contribution >= 0.6 is 0 Å². The average molecular weight is 427 g/mol. The van der Waals surface area contributed by atoms with Crippen LogP contribution in [0.15, 0.2) is 84.9 Å². The van der Waals surface area contributed by atoms with Gasteiger partial charge in [0.05, 0.1) is 6.17 Å². The van der Waals surface area contributed by atoms with Crippen molar-refractivity contribution in [1.82, 2.24) is 9.80 Å². The maximum atomic E-state index is 11.2. The molecule has 0 bridgehead atoms. The summed E-state index contributed by atoms with van der Waals surface area (Å²) >= 11 is 0. The van der Waals surface area contributed by atoms with Crippen LogP contribution in [0.2, 0.25) is 0 Å². The number of hydrogen-bond acceptors (Lipinski definition) is 5. The van der Waals surface area contributed by atoms with Crippen molar-refractivity contribution in [2.45, 2.75) is 19.3 Å². The van der Waals surface area contributed by atoms with Gasteiger partial charge >= 0.3 is 0 Å². The fourth-order valence-electron chi connectivity index (χ4n) is 4.66. The predicted molar refractivity (Wildman–Crippen MR) is 125 cm³/mol. The molecule has 1 saturated heterocycles. The van der Waals surface area contributed by atoms with E-state index in [2.05, 4.69) is 9.80 Å². The Kier molecular flexibility index (Phi) is 5.43. The normalized spacial score (nSPS) is 15.5. The van der Waals surface area contributed by atoms with Gasteiger partial charge in [-0.05, 0) is 17.5 Å². The van der Waals surface area contributed by atoms with Crippen molar-refractivity contribution < 1.29 is 15.3 Å². The summed E-state index contributed by atoms with van der Waals surface area (Å²) in [7, 11) is 0. The molecule has 0 unspecified atom stereocenters. The third-order valence-corrected chi connectivity index (χ3v) is 6.31. The van der Waals surface area contributed by atoms with E-state index in [1.54, 1.807) is 12.1 Å². The van der Waals surface area contributed by atoms with Crippen LogP contribution in [-0.2, 0) is 13.1 Å². The quantitative estimate of drug-likeness (QED) is 0.420. The fourth-order valence-corrected chi connectivity index (χ4v) is 4.66. The van der Waals surface area contributed by atoms with E-state index in [4.69, 9.17) is 0 Å². The van der Waals surface area contributed by atoms with Gasteiger partial charge in [0.2, 0.25) is 0 Å². The smallest absolute Gasteiger partial charge is 0.129 e. The molecule has 5 rings (SSSR count). The number of fused-ring (bicyclic) bond motifs is 1. The van der Waals surface area contributed by atoms with E-state index in [-0.39, 0.29) is 23.4 Å². The molecule has 1 heterocycles. The minimum Gasteiger partial charge on any atom is -0.508 e. The van der Waals surface area contributed by atoms with Crippen molar-refractivity contribution in [3.8, 4) is 17.2 Å². The molecule has 0 saturated carbocycles. The van der Waals surface area contributed by atoms with Crippen molar-refractivity contribution in [2.75, 3.05) is 13.1 Å². The molecule has 4 aromatic rings. The average Bonchev–Trinajstić information content (AvgIpc) is 3.19. The first kappa shape index (κ1) is 20.4. The standard InChI is InChI=1S/C27H26N2O3/c30-24-11-5-2-8-20(24)17-28-15-16-29(18-21-9-3-6-12-25(21)31)27(28)23-14-13-19-7-1-4-10-22(19)26(23)32/h1-14,27,30-32H,15-18H2. The third kappa shape index (κ3) is 3.77. The Morgan fingerprint density at radius 3 is 1.75 bits per heavy atom. The summed E-state index contributed by atoms with van der Waals surface area (Å²) in [5, 5.41) is 33.7. The highest BCUT2D eigenvalue weighted by molar-refractivity contribution is 5.89. The van der Waals surface area contributed by atoms with Crippen molar-refractivity contribution in [3.05, 3.63) is 102 Å². The summed E-state index contributed by atoms with van der Waals surface area (Å²) in [6.07, 6.45) is -0.196. The first-order valence-electron chi connectivity index (χ1n) is 10.8. The van der Waals surface area contributed by atoms with Crippen LogP contribution in [0.25, 0.3) is 10.8 Å². The maximum Gasteiger partial charge on any atom is 0.129 e. The molecule has 0 spiro atoms. The Bertz CT molecular complexity index is 1200. The van der Waals surface area contributed by atoms with Gasteiger partial charge in [-0.1, -0.05) is 72.8 Å². The van der Waals surface area contributed by atoms with Gasteiger partial charge in [-0.3, -0.25) is 9.80 Å². The molecule has 1 fully saturated rings. The monoisotopic (exact) mass is 426 g/mol. The van der Waals surface area contributed by atoms with E-state index in [1.165, 1.54) is 0 Å². The SMILES string of the molecule is Oc1ccccc1CN1CCN(Cc2ccccc2O)C1c1ccc2ccccc2c1O. The summed E-state index contributed by atoms with van der Waals surface area (Å²) in [6, 6.07) is 26.6. The van der Waals surface area contributed by atoms with Crippen LogP contribution < -0.4 is 0 Å². The molecule has 0 amide bonds. The van der Waals surface area contributed by atoms with Crippen LogP contribution in [0, 0.1) is 0 Å². The molecule has 4 aromatic carbocycles. The van der Waals surface area contributed by atoms with Gasteiger partial charge in [-0.15, -0.1) is 0 Å². The predicted octanol–water partition coefficient (Wildman–Crippen LogP) is 4.97. The molecule has 0 aromatic heterocycles. The van der Waals surface area contributed by atoms with Crippen molar-refractivity contribution in [3.63, 3.8) is 0 Å². The third-order valence-electron chi connectivity index (χ3n) is 6.31. The lowest BCUT2D eigenvalue weighted by molar-refractivity contribution is 0.121. The molecule has 0 radical (unpaired) electrons. The molecule has 1 aliphatic heterocycles. The van der Waals surface area contributed by atoms with E-state index >= 15 is 0 Å². The number of rotatable bonds is 5. The second-order valence-electron chi connectivity index (χ2n) is 8.30. The lowest BCUT2D eigenvalue weighted by Gasteiger charge is -2.32. The Morgan fingerprint density at radius 1 is 0.625 bits per heavy atom. The van der Waals surface area contributed by atoms with Gasteiger partial charge in [0, 0.05) is 48.3 Å². The van der Waals surface area contributed by atoms with Crippen LogP contribution in [0.1, 0.15) is 22.9 Å². The number of aromatic hydroxyl groups is 3. The number of nitrogens with zero attached hydrogens (tertiary/aromatic N) is 2. The van der Waals surface area contributed by atoms with Crippen LogP contribution in [0.5, 0.6) is 17.2 Å². The molecule has 32 heavy (non-hydrogen) atoms. The van der Waals surface area contributed by atoms with Gasteiger partial charge in [-0.2, -0.15) is 0 Å². The summed E-state index contributed by atoms with van der Waals surface area (Å²) in [4.78, 5) is 4.53. The summed E-state index contributed by atoms with van der Waals surface area (Å²) in [5.74, 6) is 0.820. The highest BCUT2D eigenvalue weighted by Crippen LogP contribution is 2.41. The highest BCUT2D eigenvalue weighted by atomic mass is 16.3. The maximum absolute atomic E-state index is 11.2. The van der Waals surface area contributed by atoms with Crippen molar-refractivity contribution in [1.29, 1.82) is 0 Å². The number of phenols is 3. The molecule has 3 N–H and O–H groups in total. The Hall–Kier alpha value is -3.54. The molecule has 0 atom stereocenters. The molecule has 5 heteroatoms. The molecule has 5 nitrogen and oxygen atoms in total. The van der Waals surface area contributed by atoms with Gasteiger partial charge in [-0.25, -0.2) is 0 Å². The second kappa shape index (κ2) is 8.54. The van der Waals surface area contributed by atoms with Crippen LogP contribution in [0.3, 0.4) is 0 Å². The molecular weight excluding hydrogens is 400 g/mol. The zero-order chi connectivity index (χ0) is 22.1. The molecule has 0 aliphatic carbocycles. The first-order valence-corrected chi connectivity index (χ1v) is 10.8. The van der Waals surface area contributed by atoms with Gasteiger partial charge in [0.25, 0.3) is 0 Å². The zero-order valence-corrected chi connectivity index (χ0v) is 17.7.